The number of rotatable bonds is 6. The first-order valence-corrected chi connectivity index (χ1v) is 9.68. The largest absolute Gasteiger partial charge is 0.416 e. The van der Waals surface area contributed by atoms with Crippen LogP contribution in [0.25, 0.3) is 0 Å². The van der Waals surface area contributed by atoms with E-state index in [4.69, 9.17) is 0 Å². The summed E-state index contributed by atoms with van der Waals surface area (Å²) in [5.74, 6) is -0.177. The maximum atomic E-state index is 12.6. The monoisotopic (exact) mass is 402 g/mol. The van der Waals surface area contributed by atoms with E-state index in [9.17, 15) is 31.7 Å². The molecule has 0 aromatic heterocycles. The predicted molar refractivity (Wildman–Crippen MR) is 94.6 cm³/mol. The molecule has 0 spiro atoms. The van der Waals surface area contributed by atoms with Gasteiger partial charge in [0, 0.05) is 24.6 Å². The van der Waals surface area contributed by atoms with Crippen molar-refractivity contribution < 1.29 is 26.5 Å². The quantitative estimate of drug-likeness (QED) is 0.577. The lowest BCUT2D eigenvalue weighted by molar-refractivity contribution is -0.387. The molecule has 0 fully saturated rings. The summed E-state index contributed by atoms with van der Waals surface area (Å²) in [6.45, 7) is 2.09. The summed E-state index contributed by atoms with van der Waals surface area (Å²) in [5, 5.41) is 13.9. The lowest BCUT2D eigenvalue weighted by Crippen LogP contribution is -2.11. The van der Waals surface area contributed by atoms with Crippen molar-refractivity contribution in [2.24, 2.45) is 0 Å². The maximum Gasteiger partial charge on any atom is 0.416 e. The van der Waals surface area contributed by atoms with Crippen LogP contribution in [-0.4, -0.2) is 26.1 Å². The van der Waals surface area contributed by atoms with Gasteiger partial charge in [0.15, 0.2) is 9.84 Å². The van der Waals surface area contributed by atoms with Crippen LogP contribution in [0.4, 0.5) is 24.5 Å². The minimum Gasteiger partial charge on any atom is -0.384 e. The van der Waals surface area contributed by atoms with Crippen molar-refractivity contribution in [2.75, 3.05) is 18.1 Å². The number of nitrogens with one attached hydrogen (secondary N) is 1. The van der Waals surface area contributed by atoms with Gasteiger partial charge in [-0.3, -0.25) is 10.1 Å². The van der Waals surface area contributed by atoms with Crippen LogP contribution < -0.4 is 5.32 Å². The Kier molecular flexibility index (Phi) is 5.79. The number of alkyl halides is 3. The summed E-state index contributed by atoms with van der Waals surface area (Å²) < 4.78 is 61.3. The van der Waals surface area contributed by atoms with E-state index in [1.807, 2.05) is 0 Å². The van der Waals surface area contributed by atoms with Gasteiger partial charge in [-0.15, -0.1) is 0 Å². The molecule has 0 aliphatic heterocycles. The molecule has 146 valence electrons. The molecule has 1 unspecified atom stereocenters. The lowest BCUT2D eigenvalue weighted by atomic mass is 9.99. The van der Waals surface area contributed by atoms with Crippen LogP contribution in [0.2, 0.25) is 0 Å². The van der Waals surface area contributed by atoms with Gasteiger partial charge >= 0.3 is 6.18 Å². The summed E-state index contributed by atoms with van der Waals surface area (Å²) >= 11 is 0. The van der Waals surface area contributed by atoms with Crippen LogP contribution in [0.5, 0.6) is 0 Å². The second kappa shape index (κ2) is 7.55. The summed E-state index contributed by atoms with van der Waals surface area (Å²) in [6.07, 6.45) is -3.52. The number of halogens is 3. The zero-order valence-electron chi connectivity index (χ0n) is 14.4. The van der Waals surface area contributed by atoms with Gasteiger partial charge in [-0.25, -0.2) is 8.42 Å². The van der Waals surface area contributed by atoms with Crippen molar-refractivity contribution in [3.63, 3.8) is 0 Å². The summed E-state index contributed by atoms with van der Waals surface area (Å²) in [6, 6.07) is 8.42. The molecule has 0 bridgehead atoms. The van der Waals surface area contributed by atoms with E-state index in [-0.39, 0.29) is 5.92 Å². The Morgan fingerprint density at radius 1 is 1.15 bits per heavy atom. The van der Waals surface area contributed by atoms with Crippen molar-refractivity contribution in [2.45, 2.75) is 23.9 Å². The van der Waals surface area contributed by atoms with Gasteiger partial charge in [0.1, 0.15) is 4.90 Å². The third-order valence-corrected chi connectivity index (χ3v) is 5.10. The van der Waals surface area contributed by atoms with Gasteiger partial charge < -0.3 is 5.32 Å². The highest BCUT2D eigenvalue weighted by Crippen LogP contribution is 2.31. The molecule has 0 aliphatic rings. The number of hydrogen-bond acceptors (Lipinski definition) is 5. The van der Waals surface area contributed by atoms with Crippen LogP contribution in [0.15, 0.2) is 47.4 Å². The predicted octanol–water partition coefficient (Wildman–Crippen LogP) is 4.23. The molecule has 0 saturated carbocycles. The molecule has 2 aromatic rings. The van der Waals surface area contributed by atoms with E-state index in [2.05, 4.69) is 5.32 Å². The molecule has 0 radical (unpaired) electrons. The van der Waals surface area contributed by atoms with Gasteiger partial charge in [-0.2, -0.15) is 13.2 Å². The van der Waals surface area contributed by atoms with Crippen LogP contribution in [0.3, 0.4) is 0 Å². The first-order chi connectivity index (χ1) is 12.4. The Morgan fingerprint density at radius 3 is 2.22 bits per heavy atom. The molecule has 1 atom stereocenters. The number of nitrogens with zero attached hydrogens (tertiary/aromatic N) is 1. The number of anilines is 1. The Bertz CT molecular complexity index is 942. The Morgan fingerprint density at radius 2 is 1.74 bits per heavy atom. The maximum absolute atomic E-state index is 12.6. The molecule has 0 aliphatic carbocycles. The molecule has 6 nitrogen and oxygen atoms in total. The van der Waals surface area contributed by atoms with Crippen LogP contribution in [0, 0.1) is 10.1 Å². The third kappa shape index (κ3) is 5.19. The molecule has 1 N–H and O–H groups in total. The SMILES string of the molecule is CC(CNc1ccc([N+](=O)[O-])c(S(C)(=O)=O)c1)c1ccc(C(F)(F)F)cc1. The molecule has 27 heavy (non-hydrogen) atoms. The Balaban J connectivity index is 2.15. The van der Waals surface area contributed by atoms with E-state index in [1.165, 1.54) is 24.3 Å². The molecular weight excluding hydrogens is 385 g/mol. The van der Waals surface area contributed by atoms with Gasteiger partial charge in [-0.1, -0.05) is 19.1 Å². The summed E-state index contributed by atoms with van der Waals surface area (Å²) in [4.78, 5) is 9.79. The average Bonchev–Trinajstić information content (AvgIpc) is 2.58. The van der Waals surface area contributed by atoms with Crippen LogP contribution >= 0.6 is 0 Å². The van der Waals surface area contributed by atoms with Crippen molar-refractivity contribution in [1.29, 1.82) is 0 Å². The molecule has 0 heterocycles. The zero-order chi connectivity index (χ0) is 20.4. The second-order valence-electron chi connectivity index (χ2n) is 6.11. The van der Waals surface area contributed by atoms with Gasteiger partial charge in [-0.05, 0) is 35.7 Å². The minimum atomic E-state index is -4.40. The molecule has 2 aromatic carbocycles. The van der Waals surface area contributed by atoms with Crippen molar-refractivity contribution in [3.05, 3.63) is 63.7 Å². The number of hydrogen-bond donors (Lipinski definition) is 1. The van der Waals surface area contributed by atoms with Crippen LogP contribution in [0.1, 0.15) is 24.0 Å². The third-order valence-electron chi connectivity index (χ3n) is 3.98. The molecule has 10 heteroatoms. The highest BCUT2D eigenvalue weighted by atomic mass is 32.2. The first kappa shape index (κ1) is 20.7. The molecular formula is C17H17F3N2O4S. The first-order valence-electron chi connectivity index (χ1n) is 7.79. The fourth-order valence-corrected chi connectivity index (χ4v) is 3.32. The van der Waals surface area contributed by atoms with Gasteiger partial charge in [0.05, 0.1) is 10.5 Å². The Hall–Kier alpha value is -2.62. The normalized spacial score (nSPS) is 13.2. The smallest absolute Gasteiger partial charge is 0.384 e. The fraction of sp³-hybridized carbons (Fsp3) is 0.294. The highest BCUT2D eigenvalue weighted by Gasteiger charge is 2.30. The average molecular weight is 402 g/mol. The number of benzene rings is 2. The molecule has 2 rings (SSSR count). The van der Waals surface area contributed by atoms with E-state index in [1.54, 1.807) is 6.92 Å². The highest BCUT2D eigenvalue weighted by molar-refractivity contribution is 7.90. The standard InChI is InChI=1S/C17H17F3N2O4S/c1-11(12-3-5-13(6-4-12)17(18,19)20)10-21-14-7-8-15(22(23)24)16(9-14)27(2,25)26/h3-9,11,21H,10H2,1-2H3. The number of nitro benzene ring substituents is 1. The van der Waals surface area contributed by atoms with Gasteiger partial charge in [0.2, 0.25) is 0 Å². The molecule has 0 saturated heterocycles. The van der Waals surface area contributed by atoms with Crippen molar-refractivity contribution >= 4 is 21.2 Å². The summed E-state index contributed by atoms with van der Waals surface area (Å²) in [7, 11) is -3.80. The van der Waals surface area contributed by atoms with E-state index in [0.29, 0.717) is 17.8 Å². The zero-order valence-corrected chi connectivity index (χ0v) is 15.3. The topological polar surface area (TPSA) is 89.3 Å². The number of nitro groups is 1. The van der Waals surface area contributed by atoms with E-state index in [0.717, 1.165) is 24.5 Å². The second-order valence-corrected chi connectivity index (χ2v) is 8.10. The lowest BCUT2D eigenvalue weighted by Gasteiger charge is -2.15. The minimum absolute atomic E-state index is 0.177. The van der Waals surface area contributed by atoms with Gasteiger partial charge in [0.25, 0.3) is 5.69 Å². The van der Waals surface area contributed by atoms with E-state index < -0.39 is 37.1 Å². The van der Waals surface area contributed by atoms with Crippen molar-refractivity contribution in [3.8, 4) is 0 Å². The number of sulfone groups is 1. The Labute approximate surface area is 154 Å². The molecule has 0 amide bonds. The summed E-state index contributed by atoms with van der Waals surface area (Å²) in [5.41, 5.74) is -0.223. The van der Waals surface area contributed by atoms with Crippen molar-refractivity contribution in [1.82, 2.24) is 0 Å². The van der Waals surface area contributed by atoms with Crippen LogP contribution in [-0.2, 0) is 16.0 Å². The fourth-order valence-electron chi connectivity index (χ4n) is 2.46. The van der Waals surface area contributed by atoms with E-state index >= 15 is 0 Å².